The monoisotopic (exact) mass is 321 g/mol. The van der Waals surface area contributed by atoms with Crippen molar-refractivity contribution in [3.8, 4) is 0 Å². The molecule has 0 bridgehead atoms. The van der Waals surface area contributed by atoms with Crippen LogP contribution in [0.1, 0.15) is 35.1 Å². The van der Waals surface area contributed by atoms with Crippen LogP contribution in [0.2, 0.25) is 0 Å². The number of hydrogen-bond acceptors (Lipinski definition) is 4. The predicted octanol–water partition coefficient (Wildman–Crippen LogP) is 2.19. The summed E-state index contributed by atoms with van der Waals surface area (Å²) >= 11 is 0. The highest BCUT2D eigenvalue weighted by molar-refractivity contribution is 6.03. The van der Waals surface area contributed by atoms with Crippen molar-refractivity contribution in [1.29, 1.82) is 0 Å². The summed E-state index contributed by atoms with van der Waals surface area (Å²) < 4.78 is 1.89. The summed E-state index contributed by atoms with van der Waals surface area (Å²) in [5, 5.41) is 14.4. The van der Waals surface area contributed by atoms with Gasteiger partial charge in [-0.2, -0.15) is 0 Å². The van der Waals surface area contributed by atoms with Gasteiger partial charge in [0.05, 0.1) is 11.7 Å². The molecule has 2 aromatic rings. The van der Waals surface area contributed by atoms with Gasteiger partial charge in [0.25, 0.3) is 5.91 Å². The Kier molecular flexibility index (Phi) is 5.51. The first-order chi connectivity index (χ1) is 10.3. The zero-order valence-corrected chi connectivity index (χ0v) is 13.3. The number of nitrogens with zero attached hydrogens (tertiary/aromatic N) is 3. The van der Waals surface area contributed by atoms with Crippen LogP contribution < -0.4 is 10.6 Å². The summed E-state index contributed by atoms with van der Waals surface area (Å²) in [6, 6.07) is 9.71. The minimum atomic E-state index is -0.209. The lowest BCUT2D eigenvalue weighted by Crippen LogP contribution is -2.30. The normalized spacial score (nSPS) is 15.1. The molecule has 6 nitrogen and oxygen atoms in total. The molecular formula is C15H20ClN5O. The molecule has 0 atom stereocenters. The molecule has 7 heteroatoms. The SMILES string of the molecule is Cc1c(C(=O)Nc2ccccc2)nnn1C1CCNCC1.Cl. The topological polar surface area (TPSA) is 71.8 Å². The van der Waals surface area contributed by atoms with Crippen molar-refractivity contribution < 1.29 is 4.79 Å². The number of anilines is 1. The molecule has 2 heterocycles. The standard InChI is InChI=1S/C15H19N5O.ClH/c1-11-14(15(21)17-12-5-3-2-4-6-12)18-19-20(11)13-7-9-16-10-8-13;/h2-6,13,16H,7-10H2,1H3,(H,17,21);1H. The number of carbonyl (C=O) groups is 1. The first kappa shape index (κ1) is 16.5. The smallest absolute Gasteiger partial charge is 0.278 e. The van der Waals surface area contributed by atoms with Crippen molar-refractivity contribution in [3.63, 3.8) is 0 Å². The van der Waals surface area contributed by atoms with Crippen LogP contribution in [0.25, 0.3) is 0 Å². The van der Waals surface area contributed by atoms with Gasteiger partial charge in [-0.15, -0.1) is 17.5 Å². The molecule has 1 saturated heterocycles. The van der Waals surface area contributed by atoms with Crippen LogP contribution in [-0.4, -0.2) is 34.0 Å². The number of benzene rings is 1. The summed E-state index contributed by atoms with van der Waals surface area (Å²) in [6.07, 6.45) is 2.04. The van der Waals surface area contributed by atoms with Crippen molar-refractivity contribution >= 4 is 24.0 Å². The summed E-state index contributed by atoms with van der Waals surface area (Å²) in [5.74, 6) is -0.209. The van der Waals surface area contributed by atoms with Gasteiger partial charge in [-0.1, -0.05) is 23.4 Å². The average Bonchev–Trinajstić information content (AvgIpc) is 2.91. The second-order valence-corrected chi connectivity index (χ2v) is 5.27. The minimum Gasteiger partial charge on any atom is -0.321 e. The molecule has 1 aliphatic heterocycles. The lowest BCUT2D eigenvalue weighted by Gasteiger charge is -2.23. The number of rotatable bonds is 3. The Morgan fingerprint density at radius 2 is 1.95 bits per heavy atom. The number of piperidine rings is 1. The molecular weight excluding hydrogens is 302 g/mol. The molecule has 3 rings (SSSR count). The van der Waals surface area contributed by atoms with E-state index in [2.05, 4.69) is 20.9 Å². The number of aromatic nitrogens is 3. The maximum Gasteiger partial charge on any atom is 0.278 e. The maximum atomic E-state index is 12.3. The van der Waals surface area contributed by atoms with E-state index in [1.54, 1.807) is 0 Å². The molecule has 0 spiro atoms. The molecule has 1 aliphatic rings. The second-order valence-electron chi connectivity index (χ2n) is 5.27. The number of amides is 1. The van der Waals surface area contributed by atoms with Crippen molar-refractivity contribution in [2.75, 3.05) is 18.4 Å². The number of para-hydroxylation sites is 1. The number of hydrogen-bond donors (Lipinski definition) is 2. The molecule has 0 unspecified atom stereocenters. The Morgan fingerprint density at radius 1 is 1.27 bits per heavy atom. The summed E-state index contributed by atoms with van der Waals surface area (Å²) in [4.78, 5) is 12.3. The molecule has 118 valence electrons. The highest BCUT2D eigenvalue weighted by atomic mass is 35.5. The first-order valence-corrected chi connectivity index (χ1v) is 7.24. The predicted molar refractivity (Wildman–Crippen MR) is 87.5 cm³/mol. The fourth-order valence-electron chi connectivity index (χ4n) is 2.66. The fraction of sp³-hybridized carbons (Fsp3) is 0.400. The molecule has 0 saturated carbocycles. The third-order valence-electron chi connectivity index (χ3n) is 3.83. The number of halogens is 1. The van der Waals surface area contributed by atoms with E-state index in [0.717, 1.165) is 37.3 Å². The Morgan fingerprint density at radius 3 is 2.64 bits per heavy atom. The highest BCUT2D eigenvalue weighted by Crippen LogP contribution is 2.20. The first-order valence-electron chi connectivity index (χ1n) is 7.24. The molecule has 1 aromatic carbocycles. The van der Waals surface area contributed by atoms with Crippen LogP contribution >= 0.6 is 12.4 Å². The van der Waals surface area contributed by atoms with E-state index in [1.807, 2.05) is 41.9 Å². The van der Waals surface area contributed by atoms with Crippen LogP contribution in [-0.2, 0) is 0 Å². The molecule has 1 aromatic heterocycles. The molecule has 2 N–H and O–H groups in total. The van der Waals surface area contributed by atoms with E-state index in [0.29, 0.717) is 11.7 Å². The molecule has 22 heavy (non-hydrogen) atoms. The van der Waals surface area contributed by atoms with Gasteiger partial charge in [-0.25, -0.2) is 4.68 Å². The third-order valence-corrected chi connectivity index (χ3v) is 3.83. The van der Waals surface area contributed by atoms with Gasteiger partial charge in [-0.05, 0) is 45.0 Å². The van der Waals surface area contributed by atoms with Gasteiger partial charge in [0, 0.05) is 5.69 Å². The summed E-state index contributed by atoms with van der Waals surface area (Å²) in [6.45, 7) is 3.87. The Balaban J connectivity index is 0.00000176. The van der Waals surface area contributed by atoms with E-state index < -0.39 is 0 Å². The van der Waals surface area contributed by atoms with Gasteiger partial charge in [0.1, 0.15) is 0 Å². The third kappa shape index (κ3) is 3.45. The second kappa shape index (κ2) is 7.38. The van der Waals surface area contributed by atoms with Crippen molar-refractivity contribution in [3.05, 3.63) is 41.7 Å². The van der Waals surface area contributed by atoms with Crippen LogP contribution in [0.15, 0.2) is 30.3 Å². The van der Waals surface area contributed by atoms with Crippen molar-refractivity contribution in [1.82, 2.24) is 20.3 Å². The van der Waals surface area contributed by atoms with Gasteiger partial charge in [-0.3, -0.25) is 4.79 Å². The minimum absolute atomic E-state index is 0. The van der Waals surface area contributed by atoms with Gasteiger partial charge in [0.15, 0.2) is 5.69 Å². The summed E-state index contributed by atoms with van der Waals surface area (Å²) in [5.41, 5.74) is 1.99. The van der Waals surface area contributed by atoms with Crippen LogP contribution in [0.3, 0.4) is 0 Å². The van der Waals surface area contributed by atoms with Gasteiger partial charge in [0.2, 0.25) is 0 Å². The number of carbonyl (C=O) groups excluding carboxylic acids is 1. The number of nitrogens with one attached hydrogen (secondary N) is 2. The largest absolute Gasteiger partial charge is 0.321 e. The lowest BCUT2D eigenvalue weighted by molar-refractivity contribution is 0.102. The Bertz CT molecular complexity index is 622. The zero-order valence-electron chi connectivity index (χ0n) is 12.5. The molecule has 1 fully saturated rings. The zero-order chi connectivity index (χ0) is 14.7. The fourth-order valence-corrected chi connectivity index (χ4v) is 2.66. The van der Waals surface area contributed by atoms with Crippen LogP contribution in [0.5, 0.6) is 0 Å². The van der Waals surface area contributed by atoms with E-state index in [1.165, 1.54) is 0 Å². The maximum absolute atomic E-state index is 12.3. The Labute approximate surface area is 135 Å². The summed E-state index contributed by atoms with van der Waals surface area (Å²) in [7, 11) is 0. The molecule has 0 radical (unpaired) electrons. The van der Waals surface area contributed by atoms with Crippen molar-refractivity contribution in [2.45, 2.75) is 25.8 Å². The van der Waals surface area contributed by atoms with Crippen molar-refractivity contribution in [2.24, 2.45) is 0 Å². The van der Waals surface area contributed by atoms with Gasteiger partial charge < -0.3 is 10.6 Å². The van der Waals surface area contributed by atoms with E-state index in [-0.39, 0.29) is 18.3 Å². The highest BCUT2D eigenvalue weighted by Gasteiger charge is 2.22. The van der Waals surface area contributed by atoms with Gasteiger partial charge >= 0.3 is 0 Å². The molecule has 0 aliphatic carbocycles. The lowest BCUT2D eigenvalue weighted by atomic mass is 10.1. The van der Waals surface area contributed by atoms with E-state index in [9.17, 15) is 4.79 Å². The van der Waals surface area contributed by atoms with E-state index >= 15 is 0 Å². The quantitative estimate of drug-likeness (QED) is 0.909. The average molecular weight is 322 g/mol. The van der Waals surface area contributed by atoms with Crippen LogP contribution in [0, 0.1) is 6.92 Å². The molecule has 1 amide bonds. The van der Waals surface area contributed by atoms with E-state index in [4.69, 9.17) is 0 Å². The Hall–Kier alpha value is -1.92. The van der Waals surface area contributed by atoms with Crippen LogP contribution in [0.4, 0.5) is 5.69 Å².